The lowest BCUT2D eigenvalue weighted by Crippen LogP contribution is -2.31. The van der Waals surface area contributed by atoms with Gasteiger partial charge in [0, 0.05) is 24.3 Å². The molecule has 0 heterocycles. The van der Waals surface area contributed by atoms with Crippen LogP contribution in [0.25, 0.3) is 0 Å². The summed E-state index contributed by atoms with van der Waals surface area (Å²) < 4.78 is 0. The molecule has 4 heteroatoms. The molecule has 1 aromatic rings. The number of nitrogens with zero attached hydrogens (tertiary/aromatic N) is 1. The molecule has 2 N–H and O–H groups in total. The number of nitrogen functional groups attached to an aromatic ring is 1. The van der Waals surface area contributed by atoms with Gasteiger partial charge in [0.15, 0.2) is 0 Å². The fourth-order valence-corrected chi connectivity index (χ4v) is 2.00. The third kappa shape index (κ3) is 3.37. The van der Waals surface area contributed by atoms with Gasteiger partial charge >= 0.3 is 0 Å². The van der Waals surface area contributed by atoms with Crippen molar-refractivity contribution in [2.24, 2.45) is 0 Å². The Bertz CT molecular complexity index is 377. The van der Waals surface area contributed by atoms with E-state index < -0.39 is 0 Å². The van der Waals surface area contributed by atoms with Gasteiger partial charge in [-0.3, -0.25) is 4.79 Å². The van der Waals surface area contributed by atoms with Gasteiger partial charge in [-0.05, 0) is 51.0 Å². The van der Waals surface area contributed by atoms with Gasteiger partial charge in [0.25, 0.3) is 5.91 Å². The van der Waals surface area contributed by atoms with Gasteiger partial charge in [-0.15, -0.1) is 12.4 Å². The first-order chi connectivity index (χ1) is 7.51. The van der Waals surface area contributed by atoms with Crippen LogP contribution >= 0.6 is 12.4 Å². The van der Waals surface area contributed by atoms with Crippen molar-refractivity contribution in [1.29, 1.82) is 0 Å². The number of hydrogen-bond acceptors (Lipinski definition) is 2. The molecule has 0 spiro atoms. The number of rotatable bonds is 3. The molecule has 0 unspecified atom stereocenters. The fourth-order valence-electron chi connectivity index (χ4n) is 2.00. The van der Waals surface area contributed by atoms with Crippen LogP contribution in [-0.4, -0.2) is 23.9 Å². The van der Waals surface area contributed by atoms with Crippen molar-refractivity contribution in [2.75, 3.05) is 18.8 Å². The predicted octanol–water partition coefficient (Wildman–Crippen LogP) is 2.79. The summed E-state index contributed by atoms with van der Waals surface area (Å²) in [6.45, 7) is 9.31. The van der Waals surface area contributed by atoms with Crippen molar-refractivity contribution in [1.82, 2.24) is 4.90 Å². The first kappa shape index (κ1) is 15.8. The third-order valence-corrected chi connectivity index (χ3v) is 2.82. The number of amides is 1. The molecule has 0 fully saturated rings. The molecule has 0 radical (unpaired) electrons. The Hall–Kier alpha value is -1.22. The van der Waals surface area contributed by atoms with Gasteiger partial charge in [0.1, 0.15) is 0 Å². The second kappa shape index (κ2) is 6.50. The summed E-state index contributed by atoms with van der Waals surface area (Å²) in [6, 6.07) is 3.70. The Morgan fingerprint density at radius 3 is 1.94 bits per heavy atom. The zero-order valence-electron chi connectivity index (χ0n) is 10.9. The highest BCUT2D eigenvalue weighted by Crippen LogP contribution is 2.19. The molecule has 0 aliphatic heterocycles. The van der Waals surface area contributed by atoms with E-state index >= 15 is 0 Å². The molecule has 3 nitrogen and oxygen atoms in total. The summed E-state index contributed by atoms with van der Waals surface area (Å²) in [6.07, 6.45) is 0. The summed E-state index contributed by atoms with van der Waals surface area (Å²) >= 11 is 0. The molecule has 0 aromatic heterocycles. The quantitative estimate of drug-likeness (QED) is 0.846. The number of halogens is 1. The lowest BCUT2D eigenvalue weighted by atomic mass is 10.0. The summed E-state index contributed by atoms with van der Waals surface area (Å²) in [5.41, 5.74) is 9.15. The van der Waals surface area contributed by atoms with Gasteiger partial charge in [0.05, 0.1) is 0 Å². The Balaban J connectivity index is 0.00000256. The highest BCUT2D eigenvalue weighted by Gasteiger charge is 2.17. The minimum absolute atomic E-state index is 0. The average Bonchev–Trinajstić information content (AvgIpc) is 2.17. The standard InChI is InChI=1S/C13H20N2O.ClH/c1-5-15(6-2)13(16)12-9(3)7-11(14)8-10(12)4;/h7-8H,5-6,14H2,1-4H3;1H. The molecule has 0 saturated heterocycles. The lowest BCUT2D eigenvalue weighted by molar-refractivity contribution is 0.0771. The number of aryl methyl sites for hydroxylation is 2. The Labute approximate surface area is 109 Å². The Kier molecular flexibility index (Phi) is 6.03. The maximum Gasteiger partial charge on any atom is 0.254 e. The molecule has 1 rings (SSSR count). The van der Waals surface area contributed by atoms with Gasteiger partial charge < -0.3 is 10.6 Å². The normalized spacial score (nSPS) is 9.65. The molecule has 0 atom stereocenters. The number of benzene rings is 1. The van der Waals surface area contributed by atoms with Crippen LogP contribution in [-0.2, 0) is 0 Å². The molecular formula is C13H21ClN2O. The van der Waals surface area contributed by atoms with E-state index in [4.69, 9.17) is 5.73 Å². The van der Waals surface area contributed by atoms with Crippen LogP contribution in [0, 0.1) is 13.8 Å². The Morgan fingerprint density at radius 1 is 1.18 bits per heavy atom. The maximum absolute atomic E-state index is 12.2. The van der Waals surface area contributed by atoms with Crippen molar-refractivity contribution < 1.29 is 4.79 Å². The molecule has 1 amide bonds. The molecule has 1 aromatic carbocycles. The molecule has 0 aliphatic rings. The van der Waals surface area contributed by atoms with Crippen LogP contribution in [0.2, 0.25) is 0 Å². The van der Waals surface area contributed by atoms with Crippen LogP contribution in [0.1, 0.15) is 35.3 Å². The first-order valence-electron chi connectivity index (χ1n) is 5.67. The average molecular weight is 257 g/mol. The molecular weight excluding hydrogens is 236 g/mol. The maximum atomic E-state index is 12.2. The second-order valence-corrected chi connectivity index (χ2v) is 4.01. The lowest BCUT2D eigenvalue weighted by Gasteiger charge is -2.21. The van der Waals surface area contributed by atoms with Gasteiger partial charge in [-0.1, -0.05) is 0 Å². The van der Waals surface area contributed by atoms with E-state index in [0.717, 1.165) is 29.8 Å². The molecule has 0 saturated carbocycles. The van der Waals surface area contributed by atoms with E-state index in [1.54, 1.807) is 0 Å². The van der Waals surface area contributed by atoms with Gasteiger partial charge in [-0.2, -0.15) is 0 Å². The number of anilines is 1. The zero-order valence-corrected chi connectivity index (χ0v) is 11.7. The van der Waals surface area contributed by atoms with Crippen LogP contribution in [0.5, 0.6) is 0 Å². The van der Waals surface area contributed by atoms with Gasteiger partial charge in [-0.25, -0.2) is 0 Å². The minimum atomic E-state index is 0. The topological polar surface area (TPSA) is 46.3 Å². The second-order valence-electron chi connectivity index (χ2n) is 4.01. The molecule has 0 bridgehead atoms. The van der Waals surface area contributed by atoms with Crippen LogP contribution in [0.15, 0.2) is 12.1 Å². The highest BCUT2D eigenvalue weighted by atomic mass is 35.5. The van der Waals surface area contributed by atoms with Crippen molar-refractivity contribution >= 4 is 24.0 Å². The van der Waals surface area contributed by atoms with Gasteiger partial charge in [0.2, 0.25) is 0 Å². The van der Waals surface area contributed by atoms with Crippen molar-refractivity contribution in [2.45, 2.75) is 27.7 Å². The van der Waals surface area contributed by atoms with E-state index in [2.05, 4.69) is 0 Å². The van der Waals surface area contributed by atoms with Crippen LogP contribution < -0.4 is 5.73 Å². The van der Waals surface area contributed by atoms with E-state index in [0.29, 0.717) is 5.69 Å². The number of hydrogen-bond donors (Lipinski definition) is 1. The first-order valence-corrected chi connectivity index (χ1v) is 5.67. The molecule has 0 aliphatic carbocycles. The summed E-state index contributed by atoms with van der Waals surface area (Å²) in [4.78, 5) is 14.1. The Morgan fingerprint density at radius 2 is 1.59 bits per heavy atom. The largest absolute Gasteiger partial charge is 0.399 e. The predicted molar refractivity (Wildman–Crippen MR) is 74.8 cm³/mol. The van der Waals surface area contributed by atoms with E-state index in [1.807, 2.05) is 44.7 Å². The van der Waals surface area contributed by atoms with E-state index in [9.17, 15) is 4.79 Å². The number of carbonyl (C=O) groups is 1. The van der Waals surface area contributed by atoms with E-state index in [1.165, 1.54) is 0 Å². The highest BCUT2D eigenvalue weighted by molar-refractivity contribution is 5.97. The summed E-state index contributed by atoms with van der Waals surface area (Å²) in [5, 5.41) is 0. The van der Waals surface area contributed by atoms with Crippen molar-refractivity contribution in [3.05, 3.63) is 28.8 Å². The van der Waals surface area contributed by atoms with E-state index in [-0.39, 0.29) is 18.3 Å². The zero-order chi connectivity index (χ0) is 12.3. The van der Waals surface area contributed by atoms with Crippen LogP contribution in [0.4, 0.5) is 5.69 Å². The van der Waals surface area contributed by atoms with Crippen molar-refractivity contribution in [3.8, 4) is 0 Å². The fraction of sp³-hybridized carbons (Fsp3) is 0.462. The molecule has 17 heavy (non-hydrogen) atoms. The smallest absolute Gasteiger partial charge is 0.254 e. The van der Waals surface area contributed by atoms with Crippen LogP contribution in [0.3, 0.4) is 0 Å². The minimum Gasteiger partial charge on any atom is -0.399 e. The monoisotopic (exact) mass is 256 g/mol. The SMILES string of the molecule is CCN(CC)C(=O)c1c(C)cc(N)cc1C.Cl. The number of carbonyl (C=O) groups excluding carboxylic acids is 1. The third-order valence-electron chi connectivity index (χ3n) is 2.82. The summed E-state index contributed by atoms with van der Waals surface area (Å²) in [7, 11) is 0. The number of nitrogens with two attached hydrogens (primary N) is 1. The molecule has 96 valence electrons. The van der Waals surface area contributed by atoms with Crippen molar-refractivity contribution in [3.63, 3.8) is 0 Å². The summed E-state index contributed by atoms with van der Waals surface area (Å²) in [5.74, 6) is 0.0972.